The summed E-state index contributed by atoms with van der Waals surface area (Å²) in [4.78, 5) is 25.7. The van der Waals surface area contributed by atoms with Gasteiger partial charge in [0.25, 0.3) is 0 Å². The Hall–Kier alpha value is -3.16. The van der Waals surface area contributed by atoms with Crippen molar-refractivity contribution in [3.63, 3.8) is 0 Å². The van der Waals surface area contributed by atoms with Crippen LogP contribution < -0.4 is 20.3 Å². The third-order valence-electron chi connectivity index (χ3n) is 4.48. The molecule has 1 atom stereocenters. The summed E-state index contributed by atoms with van der Waals surface area (Å²) in [5.74, 6) is -0.234. The molecular formula is C20H21F2N3O3. The Morgan fingerprint density at radius 2 is 1.79 bits per heavy atom. The van der Waals surface area contributed by atoms with E-state index in [1.165, 1.54) is 24.3 Å². The van der Waals surface area contributed by atoms with Crippen LogP contribution in [-0.4, -0.2) is 31.0 Å². The molecule has 0 saturated carbocycles. The van der Waals surface area contributed by atoms with Gasteiger partial charge in [-0.15, -0.1) is 0 Å². The third kappa shape index (κ3) is 4.57. The van der Waals surface area contributed by atoms with Crippen LogP contribution in [-0.2, 0) is 16.0 Å². The lowest BCUT2D eigenvalue weighted by Gasteiger charge is -2.18. The van der Waals surface area contributed by atoms with Crippen molar-refractivity contribution in [3.05, 3.63) is 48.0 Å². The van der Waals surface area contributed by atoms with Gasteiger partial charge in [-0.25, -0.2) is 0 Å². The van der Waals surface area contributed by atoms with Gasteiger partial charge in [0, 0.05) is 30.5 Å². The summed E-state index contributed by atoms with van der Waals surface area (Å²) in [6, 6.07) is 10.8. The molecule has 148 valence electrons. The molecule has 0 spiro atoms. The van der Waals surface area contributed by atoms with Gasteiger partial charge in [-0.2, -0.15) is 8.78 Å². The van der Waals surface area contributed by atoms with Gasteiger partial charge in [0.15, 0.2) is 0 Å². The van der Waals surface area contributed by atoms with E-state index in [9.17, 15) is 18.4 Å². The zero-order valence-corrected chi connectivity index (χ0v) is 15.5. The number of halogens is 2. The van der Waals surface area contributed by atoms with Crippen molar-refractivity contribution >= 4 is 28.9 Å². The first-order chi connectivity index (χ1) is 13.3. The van der Waals surface area contributed by atoms with Crippen molar-refractivity contribution < 1.29 is 23.1 Å². The Morgan fingerprint density at radius 3 is 2.43 bits per heavy atom. The van der Waals surface area contributed by atoms with Crippen LogP contribution in [0.25, 0.3) is 0 Å². The number of fused-ring (bicyclic) bond motifs is 1. The van der Waals surface area contributed by atoms with E-state index in [1.54, 1.807) is 18.7 Å². The molecule has 0 radical (unpaired) electrons. The van der Waals surface area contributed by atoms with Gasteiger partial charge < -0.3 is 20.3 Å². The first-order valence-electron chi connectivity index (χ1n) is 8.87. The Kier molecular flexibility index (Phi) is 5.77. The summed E-state index contributed by atoms with van der Waals surface area (Å²) in [6.45, 7) is 1.04. The Balaban J connectivity index is 1.59. The van der Waals surface area contributed by atoms with Gasteiger partial charge in [0.2, 0.25) is 11.8 Å². The molecular weight excluding hydrogens is 368 g/mol. The minimum atomic E-state index is -2.89. The molecule has 28 heavy (non-hydrogen) atoms. The molecule has 3 rings (SSSR count). The SMILES string of the molecule is CC(=O)N1CCc2cc(N[C@@H](C)C(=O)Nc3ccc(OC(F)F)cc3)ccc21. The van der Waals surface area contributed by atoms with Gasteiger partial charge in [0.05, 0.1) is 0 Å². The number of benzene rings is 2. The smallest absolute Gasteiger partial charge is 0.387 e. The van der Waals surface area contributed by atoms with Crippen molar-refractivity contribution in [2.24, 2.45) is 0 Å². The van der Waals surface area contributed by atoms with Crippen molar-refractivity contribution in [3.8, 4) is 5.75 Å². The molecule has 8 heteroatoms. The molecule has 0 saturated heterocycles. The largest absolute Gasteiger partial charge is 0.435 e. The van der Waals surface area contributed by atoms with Crippen molar-refractivity contribution in [1.29, 1.82) is 0 Å². The molecule has 2 aromatic rings. The fraction of sp³-hybridized carbons (Fsp3) is 0.300. The number of nitrogens with one attached hydrogen (secondary N) is 2. The first-order valence-corrected chi connectivity index (χ1v) is 8.87. The molecule has 0 aromatic heterocycles. The van der Waals surface area contributed by atoms with Crippen LogP contribution in [0.4, 0.5) is 25.8 Å². The lowest BCUT2D eigenvalue weighted by molar-refractivity contribution is -0.117. The van der Waals surface area contributed by atoms with Crippen molar-refractivity contribution in [2.45, 2.75) is 32.9 Å². The van der Waals surface area contributed by atoms with E-state index >= 15 is 0 Å². The lowest BCUT2D eigenvalue weighted by Crippen LogP contribution is -2.31. The highest BCUT2D eigenvalue weighted by molar-refractivity contribution is 5.97. The predicted octanol–water partition coefficient (Wildman–Crippen LogP) is 3.64. The zero-order valence-electron chi connectivity index (χ0n) is 15.5. The van der Waals surface area contributed by atoms with Crippen molar-refractivity contribution in [2.75, 3.05) is 22.1 Å². The quantitative estimate of drug-likeness (QED) is 0.792. The number of anilines is 3. The standard InChI is InChI=1S/C20H21F2N3O3/c1-12(19(27)24-15-3-6-17(7-4-15)28-20(21)22)23-16-5-8-18-14(11-16)9-10-25(18)13(2)26/h3-8,11-12,20,23H,9-10H2,1-2H3,(H,24,27)/t12-/m0/s1. The Labute approximate surface area is 161 Å². The fourth-order valence-corrected chi connectivity index (χ4v) is 3.10. The molecule has 1 aliphatic rings. The summed E-state index contributed by atoms with van der Waals surface area (Å²) in [5.41, 5.74) is 3.22. The second kappa shape index (κ2) is 8.24. The maximum Gasteiger partial charge on any atom is 0.387 e. The number of carbonyl (C=O) groups is 2. The number of rotatable bonds is 6. The molecule has 2 aromatic carbocycles. The average Bonchev–Trinajstić information content (AvgIpc) is 3.06. The molecule has 0 fully saturated rings. The van der Waals surface area contributed by atoms with Gasteiger partial charge in [-0.1, -0.05) is 0 Å². The van der Waals surface area contributed by atoms with Crippen LogP contribution in [0, 0.1) is 0 Å². The van der Waals surface area contributed by atoms with Crippen LogP contribution in [0.1, 0.15) is 19.4 Å². The van der Waals surface area contributed by atoms with Crippen LogP contribution in [0.2, 0.25) is 0 Å². The van der Waals surface area contributed by atoms with E-state index in [-0.39, 0.29) is 17.6 Å². The number of ether oxygens (including phenoxy) is 1. The number of alkyl halides is 2. The van der Waals surface area contributed by atoms with E-state index in [0.717, 1.165) is 23.4 Å². The monoisotopic (exact) mass is 389 g/mol. The van der Waals surface area contributed by atoms with E-state index < -0.39 is 12.7 Å². The topological polar surface area (TPSA) is 70.7 Å². The van der Waals surface area contributed by atoms with Gasteiger partial charge in [-0.3, -0.25) is 9.59 Å². The van der Waals surface area contributed by atoms with Gasteiger partial charge in [-0.05, 0) is 61.4 Å². The molecule has 1 heterocycles. The second-order valence-electron chi connectivity index (χ2n) is 6.52. The second-order valence-corrected chi connectivity index (χ2v) is 6.52. The normalized spacial score (nSPS) is 13.8. The van der Waals surface area contributed by atoms with Crippen LogP contribution in [0.3, 0.4) is 0 Å². The van der Waals surface area contributed by atoms with Gasteiger partial charge in [0.1, 0.15) is 11.8 Å². The zero-order chi connectivity index (χ0) is 20.3. The number of carbonyl (C=O) groups excluding carboxylic acids is 2. The van der Waals surface area contributed by atoms with E-state index in [0.29, 0.717) is 12.2 Å². The minimum Gasteiger partial charge on any atom is -0.435 e. The first kappa shape index (κ1) is 19.6. The highest BCUT2D eigenvalue weighted by Crippen LogP contribution is 2.30. The summed E-state index contributed by atoms with van der Waals surface area (Å²) < 4.78 is 28.6. The number of hydrogen-bond acceptors (Lipinski definition) is 4. The van der Waals surface area contributed by atoms with E-state index in [1.807, 2.05) is 18.2 Å². The third-order valence-corrected chi connectivity index (χ3v) is 4.48. The van der Waals surface area contributed by atoms with Crippen molar-refractivity contribution in [1.82, 2.24) is 0 Å². The maximum atomic E-state index is 12.4. The van der Waals surface area contributed by atoms with Gasteiger partial charge >= 0.3 is 6.61 Å². The van der Waals surface area contributed by atoms with Crippen LogP contribution in [0.5, 0.6) is 5.75 Å². The number of nitrogens with zero attached hydrogens (tertiary/aromatic N) is 1. The van der Waals surface area contributed by atoms with E-state index in [4.69, 9.17) is 0 Å². The highest BCUT2D eigenvalue weighted by atomic mass is 19.3. The molecule has 6 nitrogen and oxygen atoms in total. The molecule has 1 aliphatic heterocycles. The molecule has 2 N–H and O–H groups in total. The molecule has 0 unspecified atom stereocenters. The van der Waals surface area contributed by atoms with E-state index in [2.05, 4.69) is 15.4 Å². The number of amides is 2. The summed E-state index contributed by atoms with van der Waals surface area (Å²) in [6.07, 6.45) is 0.776. The Morgan fingerprint density at radius 1 is 1.11 bits per heavy atom. The predicted molar refractivity (Wildman–Crippen MR) is 103 cm³/mol. The van der Waals surface area contributed by atoms with Crippen LogP contribution in [0.15, 0.2) is 42.5 Å². The number of hydrogen-bond donors (Lipinski definition) is 2. The summed E-state index contributed by atoms with van der Waals surface area (Å²) >= 11 is 0. The molecule has 0 aliphatic carbocycles. The maximum absolute atomic E-state index is 12.4. The average molecular weight is 389 g/mol. The van der Waals surface area contributed by atoms with Crippen LogP contribution >= 0.6 is 0 Å². The minimum absolute atomic E-state index is 0.0113. The Bertz CT molecular complexity index is 871. The summed E-state index contributed by atoms with van der Waals surface area (Å²) in [5, 5.41) is 5.85. The fourth-order valence-electron chi connectivity index (χ4n) is 3.10. The molecule has 0 bridgehead atoms. The highest BCUT2D eigenvalue weighted by Gasteiger charge is 2.22. The lowest BCUT2D eigenvalue weighted by atomic mass is 10.1. The molecule has 2 amide bonds. The summed E-state index contributed by atoms with van der Waals surface area (Å²) in [7, 11) is 0.